The maximum atomic E-state index is 6.09. The first-order chi connectivity index (χ1) is 10.6. The number of fused-ring (bicyclic) bond motifs is 1. The van der Waals surface area contributed by atoms with E-state index in [2.05, 4.69) is 25.0 Å². The maximum absolute atomic E-state index is 6.09. The summed E-state index contributed by atoms with van der Waals surface area (Å²) in [6.45, 7) is 3.93. The minimum absolute atomic E-state index is 0.457. The minimum Gasteiger partial charge on any atom is -0.226 e. The van der Waals surface area contributed by atoms with Crippen molar-refractivity contribution in [3.63, 3.8) is 0 Å². The molecule has 0 aliphatic heterocycles. The zero-order valence-corrected chi connectivity index (χ0v) is 13.7. The first-order valence-electron chi connectivity index (χ1n) is 7.02. The summed E-state index contributed by atoms with van der Waals surface area (Å²) in [6, 6.07) is 3.72. The molecule has 0 bridgehead atoms. The fourth-order valence-corrected chi connectivity index (χ4v) is 3.28. The summed E-state index contributed by atoms with van der Waals surface area (Å²) in [4.78, 5) is 17.7. The zero-order chi connectivity index (χ0) is 15.3. The van der Waals surface area contributed by atoms with E-state index in [1.165, 1.54) is 11.8 Å². The lowest BCUT2D eigenvalue weighted by Gasteiger charge is -2.01. The summed E-state index contributed by atoms with van der Waals surface area (Å²) in [5, 5.41) is 6.32. The number of hydrogen-bond donors (Lipinski definition) is 0. The molecular weight excluding hydrogens is 320 g/mol. The zero-order valence-electron chi connectivity index (χ0n) is 12.1. The van der Waals surface area contributed by atoms with E-state index in [-0.39, 0.29) is 0 Å². The van der Waals surface area contributed by atoms with E-state index in [9.17, 15) is 0 Å². The monoisotopic (exact) mass is 332 g/mol. The van der Waals surface area contributed by atoms with Gasteiger partial charge in [-0.05, 0) is 44.5 Å². The van der Waals surface area contributed by atoms with Gasteiger partial charge in [0.2, 0.25) is 5.16 Å². The molecule has 4 rings (SSSR count). The van der Waals surface area contributed by atoms with E-state index in [0.717, 1.165) is 35.1 Å². The van der Waals surface area contributed by atoms with Crippen LogP contribution in [0.15, 0.2) is 22.3 Å². The Labute approximate surface area is 136 Å². The number of aryl methyl sites for hydroxylation is 2. The molecule has 22 heavy (non-hydrogen) atoms. The molecular formula is C14H13ClN6S. The van der Waals surface area contributed by atoms with Crippen molar-refractivity contribution in [2.24, 2.45) is 0 Å². The highest BCUT2D eigenvalue weighted by molar-refractivity contribution is 7.99. The third-order valence-electron chi connectivity index (χ3n) is 3.43. The molecule has 8 heteroatoms. The van der Waals surface area contributed by atoms with Gasteiger partial charge in [0, 0.05) is 23.4 Å². The van der Waals surface area contributed by atoms with Gasteiger partial charge in [-0.2, -0.15) is 4.98 Å². The molecule has 0 radical (unpaired) electrons. The highest BCUT2D eigenvalue weighted by atomic mass is 35.5. The van der Waals surface area contributed by atoms with Gasteiger partial charge in [-0.15, -0.1) is 5.10 Å². The maximum Gasteiger partial charge on any atom is 0.253 e. The normalized spacial score (nSPS) is 14.7. The lowest BCUT2D eigenvalue weighted by Crippen LogP contribution is -1.97. The Morgan fingerprint density at radius 2 is 1.95 bits per heavy atom. The van der Waals surface area contributed by atoms with Gasteiger partial charge >= 0.3 is 0 Å². The second-order valence-electron chi connectivity index (χ2n) is 5.41. The van der Waals surface area contributed by atoms with Gasteiger partial charge in [0.25, 0.3) is 5.78 Å². The fraction of sp³-hybridized carbons (Fsp3) is 0.357. The number of aromatic nitrogens is 6. The Morgan fingerprint density at radius 3 is 2.73 bits per heavy atom. The molecule has 0 saturated heterocycles. The number of nitrogens with zero attached hydrogens (tertiary/aromatic N) is 6. The topological polar surface area (TPSA) is 68.9 Å². The predicted molar refractivity (Wildman–Crippen MR) is 83.4 cm³/mol. The lowest BCUT2D eigenvalue weighted by atomic mass is 10.4. The third kappa shape index (κ3) is 2.66. The van der Waals surface area contributed by atoms with Crippen molar-refractivity contribution in [1.82, 2.24) is 29.5 Å². The van der Waals surface area contributed by atoms with Crippen molar-refractivity contribution in [1.29, 1.82) is 0 Å². The number of halogens is 1. The van der Waals surface area contributed by atoms with Crippen LogP contribution in [0.2, 0.25) is 5.15 Å². The molecule has 6 nitrogen and oxygen atoms in total. The Balaban J connectivity index is 1.70. The molecule has 3 aromatic heterocycles. The smallest absolute Gasteiger partial charge is 0.226 e. The van der Waals surface area contributed by atoms with Gasteiger partial charge in [-0.25, -0.2) is 19.5 Å². The van der Waals surface area contributed by atoms with Crippen LogP contribution in [0.25, 0.3) is 5.78 Å². The van der Waals surface area contributed by atoms with E-state index in [1.807, 2.05) is 19.9 Å². The Hall–Kier alpha value is -1.73. The van der Waals surface area contributed by atoms with Gasteiger partial charge in [0.05, 0.1) is 0 Å². The highest BCUT2D eigenvalue weighted by Crippen LogP contribution is 2.39. The van der Waals surface area contributed by atoms with Crippen LogP contribution in [-0.4, -0.2) is 29.5 Å². The van der Waals surface area contributed by atoms with Crippen LogP contribution in [0.1, 0.15) is 36.0 Å². The van der Waals surface area contributed by atoms with Gasteiger partial charge < -0.3 is 0 Å². The second kappa shape index (κ2) is 5.17. The molecule has 0 aromatic carbocycles. The number of hydrogen-bond acceptors (Lipinski definition) is 6. The Morgan fingerprint density at radius 1 is 1.14 bits per heavy atom. The van der Waals surface area contributed by atoms with E-state index in [1.54, 1.807) is 10.6 Å². The summed E-state index contributed by atoms with van der Waals surface area (Å²) in [5.74, 6) is 1.88. The molecule has 0 N–H and O–H groups in total. The molecule has 1 fully saturated rings. The van der Waals surface area contributed by atoms with Crippen LogP contribution < -0.4 is 0 Å². The highest BCUT2D eigenvalue weighted by Gasteiger charge is 2.27. The molecule has 0 unspecified atom stereocenters. The molecule has 3 aromatic rings. The largest absolute Gasteiger partial charge is 0.253 e. The van der Waals surface area contributed by atoms with Gasteiger partial charge in [-0.1, -0.05) is 11.6 Å². The van der Waals surface area contributed by atoms with Gasteiger partial charge in [-0.3, -0.25) is 0 Å². The van der Waals surface area contributed by atoms with Crippen LogP contribution >= 0.6 is 23.4 Å². The summed E-state index contributed by atoms with van der Waals surface area (Å²) < 4.78 is 1.74. The molecule has 1 aliphatic carbocycles. The molecule has 112 valence electrons. The average molecular weight is 333 g/mol. The van der Waals surface area contributed by atoms with Crippen LogP contribution in [0.4, 0.5) is 0 Å². The summed E-state index contributed by atoms with van der Waals surface area (Å²) in [5.41, 5.74) is 1.93. The van der Waals surface area contributed by atoms with Crippen molar-refractivity contribution in [2.45, 2.75) is 42.8 Å². The van der Waals surface area contributed by atoms with Crippen molar-refractivity contribution in [3.8, 4) is 0 Å². The minimum atomic E-state index is 0.457. The first kappa shape index (κ1) is 13.9. The van der Waals surface area contributed by atoms with Crippen molar-refractivity contribution in [2.75, 3.05) is 0 Å². The van der Waals surface area contributed by atoms with Crippen LogP contribution in [0, 0.1) is 13.8 Å². The van der Waals surface area contributed by atoms with Gasteiger partial charge in [0.15, 0.2) is 0 Å². The molecule has 1 saturated carbocycles. The Kier molecular flexibility index (Phi) is 3.27. The van der Waals surface area contributed by atoms with Crippen molar-refractivity contribution < 1.29 is 0 Å². The molecule has 0 spiro atoms. The first-order valence-corrected chi connectivity index (χ1v) is 8.21. The third-order valence-corrected chi connectivity index (χ3v) is 4.39. The van der Waals surface area contributed by atoms with E-state index >= 15 is 0 Å². The quantitative estimate of drug-likeness (QED) is 0.686. The van der Waals surface area contributed by atoms with E-state index in [4.69, 9.17) is 11.6 Å². The SMILES string of the molecule is Cc1cc(C)n2nc(Sc3cc(Cl)nc(C4CC4)n3)nc2n1. The van der Waals surface area contributed by atoms with E-state index in [0.29, 0.717) is 22.0 Å². The molecule has 0 amide bonds. The van der Waals surface area contributed by atoms with Crippen LogP contribution in [-0.2, 0) is 0 Å². The standard InChI is InChI=1S/C14H13ClN6S/c1-7-5-8(2)21-13(16-7)19-14(20-21)22-11-6-10(15)17-12(18-11)9-3-4-9/h5-6,9H,3-4H2,1-2H3. The van der Waals surface area contributed by atoms with Crippen molar-refractivity contribution >= 4 is 29.1 Å². The second-order valence-corrected chi connectivity index (χ2v) is 6.78. The van der Waals surface area contributed by atoms with E-state index < -0.39 is 0 Å². The van der Waals surface area contributed by atoms with Crippen LogP contribution in [0.5, 0.6) is 0 Å². The van der Waals surface area contributed by atoms with Crippen molar-refractivity contribution in [3.05, 3.63) is 34.5 Å². The molecule has 0 atom stereocenters. The Bertz CT molecular complexity index is 873. The summed E-state index contributed by atoms with van der Waals surface area (Å²) >= 11 is 7.47. The van der Waals surface area contributed by atoms with Gasteiger partial charge in [0.1, 0.15) is 16.0 Å². The average Bonchev–Trinajstić information content (AvgIpc) is 3.20. The summed E-state index contributed by atoms with van der Waals surface area (Å²) in [6.07, 6.45) is 2.28. The summed E-state index contributed by atoms with van der Waals surface area (Å²) in [7, 11) is 0. The van der Waals surface area contributed by atoms with Crippen LogP contribution in [0.3, 0.4) is 0 Å². The predicted octanol–water partition coefficient (Wildman–Crippen LogP) is 3.21. The fourth-order valence-electron chi connectivity index (χ4n) is 2.27. The number of rotatable bonds is 3. The molecule has 1 aliphatic rings. The lowest BCUT2D eigenvalue weighted by molar-refractivity contribution is 0.838. The molecule has 3 heterocycles.